The molecule has 2 rings (SSSR count). The van der Waals surface area contributed by atoms with E-state index < -0.39 is 5.97 Å². The molecule has 5 heteroatoms. The highest BCUT2D eigenvalue weighted by Crippen LogP contribution is 2.21. The largest absolute Gasteiger partial charge is 0.478 e. The Labute approximate surface area is 92.4 Å². The minimum atomic E-state index is -0.966. The van der Waals surface area contributed by atoms with E-state index in [1.165, 1.54) is 6.20 Å². The van der Waals surface area contributed by atoms with Crippen LogP contribution in [0.2, 0.25) is 0 Å². The zero-order valence-electron chi connectivity index (χ0n) is 8.79. The predicted octanol–water partition coefficient (Wildman–Crippen LogP) is 1.66. The first kappa shape index (κ1) is 10.4. The van der Waals surface area contributed by atoms with E-state index >= 15 is 0 Å². The number of hydrogen-bond acceptors (Lipinski definition) is 3. The smallest absolute Gasteiger partial charge is 0.339 e. The highest BCUT2D eigenvalue weighted by molar-refractivity contribution is 5.94. The number of hydrogen-bond donors (Lipinski definition) is 1. The number of carboxylic acid groups (broad SMARTS) is 1. The fourth-order valence-corrected chi connectivity index (χ4v) is 1.46. The molecule has 0 radical (unpaired) electrons. The molecule has 2 heterocycles. The van der Waals surface area contributed by atoms with Gasteiger partial charge in [-0.25, -0.2) is 4.79 Å². The number of aromatic nitrogens is 3. The summed E-state index contributed by atoms with van der Waals surface area (Å²) >= 11 is 0. The number of nitrogens with zero attached hydrogens (tertiary/aromatic N) is 3. The van der Waals surface area contributed by atoms with Crippen LogP contribution in [0.5, 0.6) is 0 Å². The van der Waals surface area contributed by atoms with Crippen LogP contribution in [0.1, 0.15) is 17.3 Å². The van der Waals surface area contributed by atoms with Gasteiger partial charge < -0.3 is 5.11 Å². The summed E-state index contributed by atoms with van der Waals surface area (Å²) in [6.07, 6.45) is 4.77. The molecule has 0 aliphatic heterocycles. The molecular formula is C11H11N3O2. The van der Waals surface area contributed by atoms with Crippen molar-refractivity contribution in [3.63, 3.8) is 0 Å². The maximum absolute atomic E-state index is 11.1. The van der Waals surface area contributed by atoms with Gasteiger partial charge in [-0.2, -0.15) is 5.10 Å². The summed E-state index contributed by atoms with van der Waals surface area (Å²) in [5, 5.41) is 13.3. The zero-order chi connectivity index (χ0) is 11.5. The first-order valence-electron chi connectivity index (χ1n) is 4.93. The lowest BCUT2D eigenvalue weighted by molar-refractivity contribution is 0.0697. The van der Waals surface area contributed by atoms with Crippen LogP contribution in [0.3, 0.4) is 0 Å². The number of carboxylic acids is 1. The Hall–Kier alpha value is -2.17. The lowest BCUT2D eigenvalue weighted by Gasteiger charge is -1.97. The van der Waals surface area contributed by atoms with Crippen LogP contribution in [0.4, 0.5) is 0 Å². The van der Waals surface area contributed by atoms with Gasteiger partial charge in [0, 0.05) is 30.7 Å². The summed E-state index contributed by atoms with van der Waals surface area (Å²) in [7, 11) is 0. The average Bonchev–Trinajstić information content (AvgIpc) is 2.74. The highest BCUT2D eigenvalue weighted by Gasteiger charge is 2.16. The molecule has 16 heavy (non-hydrogen) atoms. The molecule has 2 aromatic rings. The van der Waals surface area contributed by atoms with Crippen molar-refractivity contribution in [2.24, 2.45) is 0 Å². The first-order valence-corrected chi connectivity index (χ1v) is 4.93. The monoisotopic (exact) mass is 217 g/mol. The van der Waals surface area contributed by atoms with Gasteiger partial charge in [0.15, 0.2) is 0 Å². The number of aryl methyl sites for hydroxylation is 1. The fourth-order valence-electron chi connectivity index (χ4n) is 1.46. The molecule has 5 nitrogen and oxygen atoms in total. The molecule has 1 N–H and O–H groups in total. The van der Waals surface area contributed by atoms with E-state index in [4.69, 9.17) is 5.11 Å². The predicted molar refractivity (Wildman–Crippen MR) is 58.1 cm³/mol. The Morgan fingerprint density at radius 2 is 2.12 bits per heavy atom. The molecule has 0 atom stereocenters. The molecule has 2 aromatic heterocycles. The molecule has 0 bridgehead atoms. The van der Waals surface area contributed by atoms with Crippen LogP contribution in [-0.4, -0.2) is 25.8 Å². The molecular weight excluding hydrogens is 206 g/mol. The van der Waals surface area contributed by atoms with E-state index in [9.17, 15) is 4.79 Å². The molecule has 0 saturated carbocycles. The number of aromatic carboxylic acids is 1. The third-order valence-corrected chi connectivity index (χ3v) is 2.27. The normalized spacial score (nSPS) is 10.3. The molecule has 0 saturated heterocycles. The van der Waals surface area contributed by atoms with Crippen LogP contribution in [0.15, 0.2) is 30.7 Å². The highest BCUT2D eigenvalue weighted by atomic mass is 16.4. The van der Waals surface area contributed by atoms with E-state index in [1.54, 1.807) is 29.2 Å². The summed E-state index contributed by atoms with van der Waals surface area (Å²) in [4.78, 5) is 14.9. The molecule has 0 aliphatic rings. The summed E-state index contributed by atoms with van der Waals surface area (Å²) in [6.45, 7) is 2.56. The minimum absolute atomic E-state index is 0.216. The van der Waals surface area contributed by atoms with E-state index in [1.807, 2.05) is 6.92 Å². The Kier molecular flexibility index (Phi) is 2.68. The second-order valence-corrected chi connectivity index (χ2v) is 3.29. The van der Waals surface area contributed by atoms with Crippen molar-refractivity contribution in [1.82, 2.24) is 14.8 Å². The van der Waals surface area contributed by atoms with Gasteiger partial charge in [-0.1, -0.05) is 0 Å². The Morgan fingerprint density at radius 3 is 2.69 bits per heavy atom. The van der Waals surface area contributed by atoms with Crippen molar-refractivity contribution in [2.75, 3.05) is 0 Å². The van der Waals surface area contributed by atoms with Crippen molar-refractivity contribution in [1.29, 1.82) is 0 Å². The van der Waals surface area contributed by atoms with Gasteiger partial charge in [-0.15, -0.1) is 0 Å². The van der Waals surface area contributed by atoms with E-state index in [0.29, 0.717) is 12.2 Å². The van der Waals surface area contributed by atoms with Gasteiger partial charge in [0.25, 0.3) is 0 Å². The molecule has 0 unspecified atom stereocenters. The first-order chi connectivity index (χ1) is 7.72. The third kappa shape index (κ3) is 1.79. The van der Waals surface area contributed by atoms with Crippen LogP contribution < -0.4 is 0 Å². The second-order valence-electron chi connectivity index (χ2n) is 3.29. The molecule has 0 aromatic carbocycles. The summed E-state index contributed by atoms with van der Waals surface area (Å²) in [6, 6.07) is 3.49. The quantitative estimate of drug-likeness (QED) is 0.849. The SMILES string of the molecule is CCn1cc(C(=O)O)c(-c2ccncc2)n1. The van der Waals surface area contributed by atoms with E-state index in [-0.39, 0.29) is 5.56 Å². The summed E-state index contributed by atoms with van der Waals surface area (Å²) in [5.41, 5.74) is 1.46. The van der Waals surface area contributed by atoms with Gasteiger partial charge in [-0.05, 0) is 19.1 Å². The van der Waals surface area contributed by atoms with Crippen LogP contribution in [0.25, 0.3) is 11.3 Å². The fraction of sp³-hybridized carbons (Fsp3) is 0.182. The van der Waals surface area contributed by atoms with Crippen molar-refractivity contribution in [2.45, 2.75) is 13.5 Å². The van der Waals surface area contributed by atoms with Crippen molar-refractivity contribution < 1.29 is 9.90 Å². The van der Waals surface area contributed by atoms with Crippen LogP contribution >= 0.6 is 0 Å². The standard InChI is InChI=1S/C11H11N3O2/c1-2-14-7-9(11(15)16)10(13-14)8-3-5-12-6-4-8/h3-7H,2H2,1H3,(H,15,16). The molecule has 82 valence electrons. The van der Waals surface area contributed by atoms with Gasteiger partial charge >= 0.3 is 5.97 Å². The third-order valence-electron chi connectivity index (χ3n) is 2.27. The van der Waals surface area contributed by atoms with Crippen LogP contribution in [-0.2, 0) is 6.54 Å². The lowest BCUT2D eigenvalue weighted by atomic mass is 10.1. The maximum Gasteiger partial charge on any atom is 0.339 e. The topological polar surface area (TPSA) is 68.0 Å². The van der Waals surface area contributed by atoms with Gasteiger partial charge in [0.2, 0.25) is 0 Å². The van der Waals surface area contributed by atoms with Gasteiger partial charge in [0.1, 0.15) is 11.3 Å². The Morgan fingerprint density at radius 1 is 1.44 bits per heavy atom. The maximum atomic E-state index is 11.1. The lowest BCUT2D eigenvalue weighted by Crippen LogP contribution is -1.96. The number of rotatable bonds is 3. The number of carbonyl (C=O) groups is 1. The minimum Gasteiger partial charge on any atom is -0.478 e. The van der Waals surface area contributed by atoms with E-state index in [0.717, 1.165) is 5.56 Å². The van der Waals surface area contributed by atoms with Crippen molar-refractivity contribution in [3.8, 4) is 11.3 Å². The van der Waals surface area contributed by atoms with Gasteiger partial charge in [0.05, 0.1) is 0 Å². The zero-order valence-corrected chi connectivity index (χ0v) is 8.79. The Balaban J connectivity index is 2.55. The summed E-state index contributed by atoms with van der Waals surface area (Å²) in [5.74, 6) is -0.966. The average molecular weight is 217 g/mol. The van der Waals surface area contributed by atoms with Gasteiger partial charge in [-0.3, -0.25) is 9.67 Å². The van der Waals surface area contributed by atoms with E-state index in [2.05, 4.69) is 10.1 Å². The molecule has 0 aliphatic carbocycles. The van der Waals surface area contributed by atoms with Crippen molar-refractivity contribution in [3.05, 3.63) is 36.3 Å². The molecule has 0 amide bonds. The molecule has 0 spiro atoms. The summed E-state index contributed by atoms with van der Waals surface area (Å²) < 4.78 is 1.61. The van der Waals surface area contributed by atoms with Crippen molar-refractivity contribution >= 4 is 5.97 Å². The molecule has 0 fully saturated rings. The Bertz CT molecular complexity index is 505. The van der Waals surface area contributed by atoms with Crippen LogP contribution in [0, 0.1) is 0 Å². The number of pyridine rings is 1. The second kappa shape index (κ2) is 4.14.